The van der Waals surface area contributed by atoms with Crippen LogP contribution in [0.1, 0.15) is 11.1 Å². The van der Waals surface area contributed by atoms with Crippen LogP contribution >= 0.6 is 0 Å². The lowest BCUT2D eigenvalue weighted by molar-refractivity contribution is -0.901. The normalized spacial score (nSPS) is 15.4. The maximum Gasteiger partial charge on any atom is 0.343 e. The van der Waals surface area contributed by atoms with E-state index in [-0.39, 0.29) is 6.67 Å². The molecule has 0 bridgehead atoms. The summed E-state index contributed by atoms with van der Waals surface area (Å²) >= 11 is 0. The number of hydrogen-bond donors (Lipinski definition) is 1. The van der Waals surface area contributed by atoms with Crippen LogP contribution in [0.25, 0.3) is 0 Å². The molecule has 1 aliphatic rings. The Hall–Kier alpha value is -3.19. The highest BCUT2D eigenvalue weighted by atomic mass is 16.5. The summed E-state index contributed by atoms with van der Waals surface area (Å²) in [6.07, 6.45) is 0. The molecule has 7 heteroatoms. The second-order valence-electron chi connectivity index (χ2n) is 6.63. The molecule has 1 aliphatic heterocycles. The Kier molecular flexibility index (Phi) is 5.23. The number of carbonyl (C=O) groups excluding carboxylic acids is 3. The molecule has 0 aliphatic carbocycles. The number of nitrogens with zero attached hydrogens (tertiary/aromatic N) is 2. The molecule has 0 radical (unpaired) electrons. The highest BCUT2D eigenvalue weighted by Gasteiger charge is 2.46. The van der Waals surface area contributed by atoms with Crippen LogP contribution in [0.5, 0.6) is 5.75 Å². The van der Waals surface area contributed by atoms with Gasteiger partial charge in [0.25, 0.3) is 0 Å². The molecule has 1 heterocycles. The second-order valence-corrected chi connectivity index (χ2v) is 6.63. The van der Waals surface area contributed by atoms with E-state index in [2.05, 4.69) is 0 Å². The SMILES string of the molecule is COc1ccc(C[NH+](C)CN2C(=O)C(=O)N(c3ccc(C)cc3)C2=O)cc1. The van der Waals surface area contributed by atoms with Gasteiger partial charge in [0.05, 0.1) is 19.8 Å². The third-order valence-corrected chi connectivity index (χ3v) is 4.44. The monoisotopic (exact) mass is 368 g/mol. The number of imide groups is 2. The highest BCUT2D eigenvalue weighted by Crippen LogP contribution is 2.22. The molecule has 1 N–H and O–H groups in total. The fourth-order valence-corrected chi connectivity index (χ4v) is 2.98. The van der Waals surface area contributed by atoms with Gasteiger partial charge in [0.2, 0.25) is 0 Å². The number of amides is 4. The predicted octanol–water partition coefficient (Wildman–Crippen LogP) is 0.971. The van der Waals surface area contributed by atoms with E-state index in [0.29, 0.717) is 12.2 Å². The maximum absolute atomic E-state index is 12.7. The number of aryl methyl sites for hydroxylation is 1. The number of ether oxygens (including phenoxy) is 1. The van der Waals surface area contributed by atoms with Crippen molar-refractivity contribution in [2.24, 2.45) is 0 Å². The molecule has 1 atom stereocenters. The lowest BCUT2D eigenvalue weighted by Crippen LogP contribution is -3.09. The van der Waals surface area contributed by atoms with Gasteiger partial charge in [-0.25, -0.2) is 14.6 Å². The number of nitrogens with one attached hydrogen (secondary N) is 1. The van der Waals surface area contributed by atoms with Crippen LogP contribution in [-0.2, 0) is 16.1 Å². The fourth-order valence-electron chi connectivity index (χ4n) is 2.98. The zero-order valence-electron chi connectivity index (χ0n) is 15.6. The van der Waals surface area contributed by atoms with Crippen molar-refractivity contribution < 1.29 is 24.0 Å². The van der Waals surface area contributed by atoms with Gasteiger partial charge in [0, 0.05) is 5.56 Å². The number of methoxy groups -OCH3 is 1. The highest BCUT2D eigenvalue weighted by molar-refractivity contribution is 6.52. The summed E-state index contributed by atoms with van der Waals surface area (Å²) in [5, 5.41) is 0. The average Bonchev–Trinajstić information content (AvgIpc) is 2.87. The molecular formula is C20H22N3O4+. The second kappa shape index (κ2) is 7.59. The van der Waals surface area contributed by atoms with Crippen molar-refractivity contribution in [3.05, 3.63) is 59.7 Å². The lowest BCUT2D eigenvalue weighted by Gasteiger charge is -2.20. The van der Waals surface area contributed by atoms with Crippen molar-refractivity contribution in [3.8, 4) is 5.75 Å². The predicted molar refractivity (Wildman–Crippen MR) is 99.4 cm³/mol. The van der Waals surface area contributed by atoms with Gasteiger partial charge in [-0.15, -0.1) is 0 Å². The van der Waals surface area contributed by atoms with Gasteiger partial charge >= 0.3 is 17.8 Å². The number of anilines is 1. The molecule has 1 saturated heterocycles. The lowest BCUT2D eigenvalue weighted by atomic mass is 10.2. The molecule has 140 valence electrons. The van der Waals surface area contributed by atoms with Crippen LogP contribution in [0.2, 0.25) is 0 Å². The van der Waals surface area contributed by atoms with Crippen molar-refractivity contribution in [1.29, 1.82) is 0 Å². The van der Waals surface area contributed by atoms with E-state index in [4.69, 9.17) is 4.74 Å². The van der Waals surface area contributed by atoms with Gasteiger partial charge < -0.3 is 9.64 Å². The van der Waals surface area contributed by atoms with Gasteiger partial charge in [-0.2, -0.15) is 0 Å². The van der Waals surface area contributed by atoms with E-state index in [1.54, 1.807) is 31.4 Å². The standard InChI is InChI=1S/C20H21N3O4/c1-14-4-8-16(9-5-14)23-19(25)18(24)22(20(23)26)13-21(2)12-15-6-10-17(27-3)11-7-15/h4-11H,12-13H2,1-3H3/p+1. The first kappa shape index (κ1) is 18.6. The summed E-state index contributed by atoms with van der Waals surface area (Å²) in [4.78, 5) is 40.1. The largest absolute Gasteiger partial charge is 0.497 e. The zero-order valence-corrected chi connectivity index (χ0v) is 15.6. The number of hydrogen-bond acceptors (Lipinski definition) is 4. The Labute approximate surface area is 157 Å². The zero-order chi connectivity index (χ0) is 19.6. The van der Waals surface area contributed by atoms with E-state index < -0.39 is 17.8 Å². The maximum atomic E-state index is 12.7. The van der Waals surface area contributed by atoms with Crippen LogP contribution in [0.4, 0.5) is 10.5 Å². The Morgan fingerprint density at radius 2 is 1.56 bits per heavy atom. The summed E-state index contributed by atoms with van der Waals surface area (Å²) in [6.45, 7) is 2.62. The molecule has 0 spiro atoms. The van der Waals surface area contributed by atoms with Crippen molar-refractivity contribution >= 4 is 23.5 Å². The smallest absolute Gasteiger partial charge is 0.343 e. The third kappa shape index (κ3) is 3.83. The van der Waals surface area contributed by atoms with E-state index in [1.165, 1.54) is 0 Å². The Morgan fingerprint density at radius 1 is 0.926 bits per heavy atom. The Balaban J connectivity index is 1.70. The Morgan fingerprint density at radius 3 is 2.15 bits per heavy atom. The first-order chi connectivity index (χ1) is 12.9. The number of rotatable bonds is 6. The third-order valence-electron chi connectivity index (χ3n) is 4.44. The average molecular weight is 368 g/mol. The number of quaternary nitrogens is 1. The summed E-state index contributed by atoms with van der Waals surface area (Å²) in [5.41, 5.74) is 2.44. The molecule has 2 aromatic rings. The van der Waals surface area contributed by atoms with Crippen molar-refractivity contribution in [2.75, 3.05) is 25.7 Å². The topological polar surface area (TPSA) is 71.4 Å². The number of urea groups is 1. The summed E-state index contributed by atoms with van der Waals surface area (Å²) in [5.74, 6) is -0.851. The minimum Gasteiger partial charge on any atom is -0.497 e. The van der Waals surface area contributed by atoms with E-state index in [9.17, 15) is 14.4 Å². The summed E-state index contributed by atoms with van der Waals surface area (Å²) < 4.78 is 5.14. The Bertz CT molecular complexity index is 862. The van der Waals surface area contributed by atoms with E-state index in [1.807, 2.05) is 38.2 Å². The summed E-state index contributed by atoms with van der Waals surface area (Å²) in [7, 11) is 3.47. The van der Waals surface area contributed by atoms with Crippen LogP contribution < -0.4 is 14.5 Å². The molecule has 3 rings (SSSR count). The molecule has 7 nitrogen and oxygen atoms in total. The van der Waals surface area contributed by atoms with Gasteiger partial charge in [0.1, 0.15) is 12.3 Å². The minimum atomic E-state index is -0.818. The molecule has 2 aromatic carbocycles. The van der Waals surface area contributed by atoms with E-state index in [0.717, 1.165) is 31.6 Å². The number of benzene rings is 2. The number of carbonyl (C=O) groups is 3. The van der Waals surface area contributed by atoms with Crippen molar-refractivity contribution in [1.82, 2.24) is 4.90 Å². The molecule has 4 amide bonds. The fraction of sp³-hybridized carbons (Fsp3) is 0.250. The first-order valence-electron chi connectivity index (χ1n) is 8.61. The van der Waals surface area contributed by atoms with E-state index >= 15 is 0 Å². The van der Waals surface area contributed by atoms with Crippen LogP contribution in [0.15, 0.2) is 48.5 Å². The summed E-state index contributed by atoms with van der Waals surface area (Å²) in [6, 6.07) is 13.9. The minimum absolute atomic E-state index is 0.109. The van der Waals surface area contributed by atoms with Crippen molar-refractivity contribution in [3.63, 3.8) is 0 Å². The molecule has 1 fully saturated rings. The van der Waals surface area contributed by atoms with Crippen LogP contribution in [0.3, 0.4) is 0 Å². The van der Waals surface area contributed by atoms with Crippen molar-refractivity contribution in [2.45, 2.75) is 13.5 Å². The van der Waals surface area contributed by atoms with Crippen LogP contribution in [-0.4, -0.2) is 43.6 Å². The van der Waals surface area contributed by atoms with Crippen LogP contribution in [0, 0.1) is 6.92 Å². The van der Waals surface area contributed by atoms with Gasteiger partial charge in [0.15, 0.2) is 6.67 Å². The van der Waals surface area contributed by atoms with Gasteiger partial charge in [-0.3, -0.25) is 9.59 Å². The molecule has 1 unspecified atom stereocenters. The molecule has 27 heavy (non-hydrogen) atoms. The molecule has 0 saturated carbocycles. The quantitative estimate of drug-likeness (QED) is 0.609. The van der Waals surface area contributed by atoms with Gasteiger partial charge in [-0.1, -0.05) is 17.7 Å². The molecule has 0 aromatic heterocycles. The van der Waals surface area contributed by atoms with Gasteiger partial charge in [-0.05, 0) is 43.3 Å². The molecular weight excluding hydrogens is 346 g/mol. The first-order valence-corrected chi connectivity index (χ1v) is 8.61.